The molecule has 2 aromatic carbocycles. The summed E-state index contributed by atoms with van der Waals surface area (Å²) in [5.74, 6) is 2.55. The van der Waals surface area contributed by atoms with Crippen LogP contribution in [0.2, 0.25) is 0 Å². The molecule has 2 unspecified atom stereocenters. The van der Waals surface area contributed by atoms with Gasteiger partial charge in [0.05, 0.1) is 0 Å². The van der Waals surface area contributed by atoms with Gasteiger partial charge in [0.1, 0.15) is 12.1 Å². The summed E-state index contributed by atoms with van der Waals surface area (Å²) in [4.78, 5) is 29.1. The maximum absolute atomic E-state index is 13.0. The molecule has 2 amide bonds. The van der Waals surface area contributed by atoms with E-state index in [0.717, 1.165) is 16.7 Å². The van der Waals surface area contributed by atoms with Crippen LogP contribution in [0, 0.1) is 12.3 Å². The van der Waals surface area contributed by atoms with Crippen LogP contribution < -0.4 is 0 Å². The van der Waals surface area contributed by atoms with Crippen LogP contribution in [0.1, 0.15) is 16.7 Å². The van der Waals surface area contributed by atoms with Crippen molar-refractivity contribution >= 4 is 11.8 Å². The third-order valence-electron chi connectivity index (χ3n) is 5.06. The number of carbonyl (C=O) groups is 2. The summed E-state index contributed by atoms with van der Waals surface area (Å²) in [7, 11) is 3.41. The monoisotopic (exact) mass is 346 g/mol. The Bertz CT molecular complexity index is 854. The fourth-order valence-electron chi connectivity index (χ4n) is 3.44. The number of rotatable bonds is 4. The van der Waals surface area contributed by atoms with E-state index in [1.165, 1.54) is 0 Å². The molecule has 0 aromatic heterocycles. The quantitative estimate of drug-likeness (QED) is 0.796. The van der Waals surface area contributed by atoms with Crippen molar-refractivity contribution < 1.29 is 9.59 Å². The maximum atomic E-state index is 13.0. The van der Waals surface area contributed by atoms with E-state index in [9.17, 15) is 9.59 Å². The van der Waals surface area contributed by atoms with Crippen molar-refractivity contribution in [3.8, 4) is 12.3 Å². The summed E-state index contributed by atoms with van der Waals surface area (Å²) >= 11 is 0. The molecule has 4 heteroatoms. The molecule has 1 saturated heterocycles. The van der Waals surface area contributed by atoms with Gasteiger partial charge in [-0.25, -0.2) is 0 Å². The molecule has 0 saturated carbocycles. The van der Waals surface area contributed by atoms with Gasteiger partial charge in [-0.05, 0) is 17.2 Å². The number of carbonyl (C=O) groups excluding carboxylic acids is 2. The Labute approximate surface area is 154 Å². The number of amides is 2. The van der Waals surface area contributed by atoms with E-state index in [-0.39, 0.29) is 11.8 Å². The van der Waals surface area contributed by atoms with Gasteiger partial charge in [-0.15, -0.1) is 6.42 Å². The molecule has 4 nitrogen and oxygen atoms in total. The third-order valence-corrected chi connectivity index (χ3v) is 5.06. The number of nitrogens with zero attached hydrogens (tertiary/aromatic N) is 2. The summed E-state index contributed by atoms with van der Waals surface area (Å²) in [6, 6.07) is 16.3. The molecule has 0 spiro atoms. The van der Waals surface area contributed by atoms with Gasteiger partial charge in [0.25, 0.3) is 0 Å². The first-order valence-electron chi connectivity index (χ1n) is 8.64. The zero-order chi connectivity index (χ0) is 18.7. The Morgan fingerprint density at radius 3 is 2.00 bits per heavy atom. The standard InChI is InChI=1S/C22H22N2O2/c1-4-17-12-8-9-13-18(17)15-20-22(26)23(2)19(21(25)24(20)3)14-16-10-6-5-7-11-16/h1,5-13,19-20H,14-15H2,2-3H3. The van der Waals surface area contributed by atoms with Crippen molar-refractivity contribution in [2.24, 2.45) is 0 Å². The lowest BCUT2D eigenvalue weighted by molar-refractivity contribution is -0.158. The molecule has 26 heavy (non-hydrogen) atoms. The highest BCUT2D eigenvalue weighted by Crippen LogP contribution is 2.22. The summed E-state index contributed by atoms with van der Waals surface area (Å²) in [5.41, 5.74) is 2.70. The molecule has 0 N–H and O–H groups in total. The number of terminal acetylenes is 1. The Morgan fingerprint density at radius 2 is 1.38 bits per heavy atom. The van der Waals surface area contributed by atoms with Crippen LogP contribution in [0.4, 0.5) is 0 Å². The largest absolute Gasteiger partial charge is 0.332 e. The Morgan fingerprint density at radius 1 is 0.846 bits per heavy atom. The number of benzene rings is 2. The molecule has 3 rings (SSSR count). The first-order valence-corrected chi connectivity index (χ1v) is 8.64. The summed E-state index contributed by atoms with van der Waals surface area (Å²) in [6.45, 7) is 0. The molecule has 2 aromatic rings. The molecule has 0 bridgehead atoms. The van der Waals surface area contributed by atoms with Gasteiger partial charge in [-0.2, -0.15) is 0 Å². The molecule has 0 radical (unpaired) electrons. The Balaban J connectivity index is 1.82. The minimum Gasteiger partial charge on any atom is -0.332 e. The van der Waals surface area contributed by atoms with Crippen LogP contribution in [0.15, 0.2) is 54.6 Å². The molecule has 1 heterocycles. The van der Waals surface area contributed by atoms with Crippen LogP contribution in [-0.4, -0.2) is 47.8 Å². The predicted molar refractivity (Wildman–Crippen MR) is 101 cm³/mol. The SMILES string of the molecule is C#Cc1ccccc1CC1C(=O)N(C)C(Cc2ccccc2)C(=O)N1C. The van der Waals surface area contributed by atoms with Gasteiger partial charge < -0.3 is 9.80 Å². The lowest BCUT2D eigenvalue weighted by Crippen LogP contribution is -2.63. The van der Waals surface area contributed by atoms with Gasteiger partial charge in [0.15, 0.2) is 0 Å². The topological polar surface area (TPSA) is 40.6 Å². The van der Waals surface area contributed by atoms with Crippen molar-refractivity contribution in [1.82, 2.24) is 9.80 Å². The predicted octanol–water partition coefficient (Wildman–Crippen LogP) is 2.12. The average Bonchev–Trinajstić information content (AvgIpc) is 2.68. The molecule has 132 valence electrons. The highest BCUT2D eigenvalue weighted by Gasteiger charge is 2.42. The highest BCUT2D eigenvalue weighted by molar-refractivity contribution is 5.97. The lowest BCUT2D eigenvalue weighted by atomic mass is 9.94. The fraction of sp³-hybridized carbons (Fsp3) is 0.273. The molecule has 1 aliphatic heterocycles. The van der Waals surface area contributed by atoms with E-state index in [2.05, 4.69) is 5.92 Å². The zero-order valence-corrected chi connectivity index (χ0v) is 15.1. The number of hydrogen-bond acceptors (Lipinski definition) is 2. The third kappa shape index (κ3) is 3.34. The van der Waals surface area contributed by atoms with Crippen LogP contribution in [0.5, 0.6) is 0 Å². The fourth-order valence-corrected chi connectivity index (χ4v) is 3.44. The zero-order valence-electron chi connectivity index (χ0n) is 15.1. The Hall–Kier alpha value is -3.06. The second-order valence-electron chi connectivity index (χ2n) is 6.63. The number of likely N-dealkylation sites (N-methyl/N-ethyl adjacent to an activating group) is 2. The number of piperazine rings is 1. The molecule has 1 aliphatic rings. The van der Waals surface area contributed by atoms with Crippen molar-refractivity contribution in [3.63, 3.8) is 0 Å². The van der Waals surface area contributed by atoms with Crippen LogP contribution >= 0.6 is 0 Å². The van der Waals surface area contributed by atoms with E-state index in [1.54, 1.807) is 23.9 Å². The molecular formula is C22H22N2O2. The minimum atomic E-state index is -0.533. The first kappa shape index (κ1) is 17.8. The second kappa shape index (κ2) is 7.45. The Kier molecular flexibility index (Phi) is 5.09. The van der Waals surface area contributed by atoms with Gasteiger partial charge in [-0.3, -0.25) is 9.59 Å². The summed E-state index contributed by atoms with van der Waals surface area (Å²) < 4.78 is 0. The number of hydrogen-bond donors (Lipinski definition) is 0. The summed E-state index contributed by atoms with van der Waals surface area (Å²) in [6.07, 6.45) is 6.50. The first-order chi connectivity index (χ1) is 12.5. The van der Waals surface area contributed by atoms with E-state index >= 15 is 0 Å². The van der Waals surface area contributed by atoms with E-state index in [4.69, 9.17) is 6.42 Å². The maximum Gasteiger partial charge on any atom is 0.246 e. The van der Waals surface area contributed by atoms with Gasteiger partial charge in [0.2, 0.25) is 11.8 Å². The van der Waals surface area contributed by atoms with Crippen LogP contribution in [0.25, 0.3) is 0 Å². The molecular weight excluding hydrogens is 324 g/mol. The minimum absolute atomic E-state index is 0.0425. The molecule has 1 fully saturated rings. The average molecular weight is 346 g/mol. The van der Waals surface area contributed by atoms with Crippen molar-refractivity contribution in [2.75, 3.05) is 14.1 Å². The second-order valence-corrected chi connectivity index (χ2v) is 6.63. The van der Waals surface area contributed by atoms with Crippen molar-refractivity contribution in [3.05, 3.63) is 71.3 Å². The van der Waals surface area contributed by atoms with E-state index < -0.39 is 12.1 Å². The highest BCUT2D eigenvalue weighted by atomic mass is 16.2. The van der Waals surface area contributed by atoms with Gasteiger partial charge in [0, 0.05) is 32.5 Å². The normalized spacial score (nSPS) is 20.2. The smallest absolute Gasteiger partial charge is 0.246 e. The van der Waals surface area contributed by atoms with Gasteiger partial charge >= 0.3 is 0 Å². The molecule has 2 atom stereocenters. The lowest BCUT2D eigenvalue weighted by Gasteiger charge is -2.42. The van der Waals surface area contributed by atoms with E-state index in [0.29, 0.717) is 12.8 Å². The van der Waals surface area contributed by atoms with Gasteiger partial charge in [-0.1, -0.05) is 54.5 Å². The van der Waals surface area contributed by atoms with Crippen molar-refractivity contribution in [2.45, 2.75) is 24.9 Å². The van der Waals surface area contributed by atoms with Crippen molar-refractivity contribution in [1.29, 1.82) is 0 Å². The summed E-state index contributed by atoms with van der Waals surface area (Å²) in [5, 5.41) is 0. The van der Waals surface area contributed by atoms with Crippen LogP contribution in [0.3, 0.4) is 0 Å². The van der Waals surface area contributed by atoms with E-state index in [1.807, 2.05) is 54.6 Å². The molecule has 0 aliphatic carbocycles. The van der Waals surface area contributed by atoms with Crippen LogP contribution in [-0.2, 0) is 22.4 Å².